The molecular formula is C21H21N5O2. The molecule has 28 heavy (non-hydrogen) atoms. The third kappa shape index (κ3) is 2.83. The summed E-state index contributed by atoms with van der Waals surface area (Å²) in [6.45, 7) is 1.90. The van der Waals surface area contributed by atoms with E-state index in [4.69, 9.17) is 0 Å². The fourth-order valence-electron chi connectivity index (χ4n) is 4.43. The number of aromatic nitrogens is 3. The minimum absolute atomic E-state index is 0.00971. The molecule has 6 rings (SSSR count). The molecular weight excluding hydrogens is 354 g/mol. The Balaban J connectivity index is 1.41. The SMILES string of the molecule is O=C(c1cccnc1)N1CC2CCC(C1)N(C(=O)c1n[nH]c3ccccc13)C2. The number of rotatable bonds is 2. The fraction of sp³-hybridized carbons (Fsp3) is 0.333. The van der Waals surface area contributed by atoms with E-state index in [-0.39, 0.29) is 23.8 Å². The number of benzene rings is 1. The Hall–Kier alpha value is -3.22. The maximum absolute atomic E-state index is 13.3. The minimum atomic E-state index is -0.0529. The highest BCUT2D eigenvalue weighted by Gasteiger charge is 2.39. The quantitative estimate of drug-likeness (QED) is 0.745. The summed E-state index contributed by atoms with van der Waals surface area (Å²) in [5.74, 6) is 0.223. The molecule has 0 saturated carbocycles. The molecule has 0 spiro atoms. The number of fused-ring (bicyclic) bond motifs is 5. The van der Waals surface area contributed by atoms with Gasteiger partial charge in [-0.15, -0.1) is 0 Å². The van der Waals surface area contributed by atoms with E-state index >= 15 is 0 Å². The lowest BCUT2D eigenvalue weighted by molar-refractivity contribution is 0.0570. The molecule has 0 radical (unpaired) electrons. The largest absolute Gasteiger partial charge is 0.336 e. The molecule has 2 unspecified atom stereocenters. The van der Waals surface area contributed by atoms with E-state index in [2.05, 4.69) is 15.2 Å². The van der Waals surface area contributed by atoms with Gasteiger partial charge in [-0.2, -0.15) is 5.10 Å². The molecule has 1 aromatic carbocycles. The summed E-state index contributed by atoms with van der Waals surface area (Å²) in [5, 5.41) is 8.07. The number of piperidine rings is 1. The molecule has 3 saturated heterocycles. The second kappa shape index (κ2) is 6.74. The predicted molar refractivity (Wildman–Crippen MR) is 104 cm³/mol. The molecule has 3 fully saturated rings. The first-order valence-corrected chi connectivity index (χ1v) is 9.64. The number of amides is 2. The Bertz CT molecular complexity index is 1030. The average molecular weight is 375 g/mol. The van der Waals surface area contributed by atoms with Crippen molar-refractivity contribution in [3.63, 3.8) is 0 Å². The summed E-state index contributed by atoms with van der Waals surface area (Å²) >= 11 is 0. The molecule has 2 aromatic heterocycles. The van der Waals surface area contributed by atoms with Gasteiger partial charge in [0.25, 0.3) is 11.8 Å². The zero-order valence-corrected chi connectivity index (χ0v) is 15.4. The number of nitrogens with zero attached hydrogens (tertiary/aromatic N) is 4. The van der Waals surface area contributed by atoms with Gasteiger partial charge < -0.3 is 9.80 Å². The minimum Gasteiger partial charge on any atom is -0.336 e. The highest BCUT2D eigenvalue weighted by molar-refractivity contribution is 6.04. The number of hydrogen-bond acceptors (Lipinski definition) is 4. The normalized spacial score (nSPS) is 21.7. The number of H-pyrrole nitrogens is 1. The Labute approximate surface area is 162 Å². The van der Waals surface area contributed by atoms with Crippen LogP contribution in [0.3, 0.4) is 0 Å². The van der Waals surface area contributed by atoms with E-state index in [9.17, 15) is 9.59 Å². The van der Waals surface area contributed by atoms with E-state index in [1.807, 2.05) is 34.1 Å². The lowest BCUT2D eigenvalue weighted by Gasteiger charge is -2.35. The molecule has 2 bridgehead atoms. The van der Waals surface area contributed by atoms with E-state index in [1.165, 1.54) is 0 Å². The summed E-state index contributed by atoms with van der Waals surface area (Å²) in [4.78, 5) is 34.1. The van der Waals surface area contributed by atoms with Crippen molar-refractivity contribution >= 4 is 22.7 Å². The molecule has 3 aliphatic heterocycles. The number of para-hydroxylation sites is 1. The van der Waals surface area contributed by atoms with Crippen molar-refractivity contribution in [2.45, 2.75) is 18.9 Å². The van der Waals surface area contributed by atoms with Gasteiger partial charge in [0.1, 0.15) is 0 Å². The van der Waals surface area contributed by atoms with Gasteiger partial charge in [0.2, 0.25) is 0 Å². The van der Waals surface area contributed by atoms with Crippen LogP contribution in [0.2, 0.25) is 0 Å². The van der Waals surface area contributed by atoms with Crippen LogP contribution in [0.15, 0.2) is 48.8 Å². The number of carbonyl (C=O) groups is 2. The molecule has 2 atom stereocenters. The zero-order chi connectivity index (χ0) is 19.1. The smallest absolute Gasteiger partial charge is 0.275 e. The summed E-state index contributed by atoms with van der Waals surface area (Å²) in [7, 11) is 0. The lowest BCUT2D eigenvalue weighted by Crippen LogP contribution is -2.47. The summed E-state index contributed by atoms with van der Waals surface area (Å²) in [5.41, 5.74) is 1.92. The van der Waals surface area contributed by atoms with Gasteiger partial charge in [0.05, 0.1) is 11.1 Å². The lowest BCUT2D eigenvalue weighted by atomic mass is 9.94. The highest BCUT2D eigenvalue weighted by Crippen LogP contribution is 2.30. The first-order chi connectivity index (χ1) is 13.7. The van der Waals surface area contributed by atoms with Gasteiger partial charge in [0.15, 0.2) is 5.69 Å². The second-order valence-corrected chi connectivity index (χ2v) is 7.62. The van der Waals surface area contributed by atoms with Crippen LogP contribution in [0.5, 0.6) is 0 Å². The topological polar surface area (TPSA) is 82.2 Å². The van der Waals surface area contributed by atoms with Crippen LogP contribution in [0.4, 0.5) is 0 Å². The Morgan fingerprint density at radius 1 is 1.00 bits per heavy atom. The summed E-state index contributed by atoms with van der Waals surface area (Å²) in [6, 6.07) is 11.3. The van der Waals surface area contributed by atoms with Crippen molar-refractivity contribution < 1.29 is 9.59 Å². The van der Waals surface area contributed by atoms with Crippen LogP contribution in [0, 0.1) is 5.92 Å². The molecule has 7 heteroatoms. The van der Waals surface area contributed by atoms with Gasteiger partial charge in [-0.05, 0) is 37.0 Å². The molecule has 2 amide bonds. The third-order valence-electron chi connectivity index (χ3n) is 5.84. The predicted octanol–water partition coefficient (Wildman–Crippen LogP) is 2.33. The molecule has 142 valence electrons. The first-order valence-electron chi connectivity index (χ1n) is 9.64. The summed E-state index contributed by atoms with van der Waals surface area (Å²) < 4.78 is 0. The van der Waals surface area contributed by atoms with Gasteiger partial charge in [-0.3, -0.25) is 19.7 Å². The number of pyridine rings is 1. The standard InChI is InChI=1S/C21H21N5O2/c27-20(15-4-3-9-22-10-15)25-11-14-7-8-16(13-25)26(12-14)21(28)19-17-5-1-2-6-18(17)23-24-19/h1-6,9-10,14,16H,7-8,11-13H2,(H,23,24). The van der Waals surface area contributed by atoms with Crippen LogP contribution in [-0.4, -0.2) is 62.5 Å². The van der Waals surface area contributed by atoms with Crippen molar-refractivity contribution in [3.05, 3.63) is 60.0 Å². The van der Waals surface area contributed by atoms with Crippen molar-refractivity contribution in [2.24, 2.45) is 5.92 Å². The van der Waals surface area contributed by atoms with E-state index in [1.54, 1.807) is 24.5 Å². The van der Waals surface area contributed by atoms with Gasteiger partial charge in [0, 0.05) is 43.5 Å². The van der Waals surface area contributed by atoms with Crippen LogP contribution in [0.1, 0.15) is 33.7 Å². The molecule has 0 aliphatic carbocycles. The molecule has 5 heterocycles. The maximum Gasteiger partial charge on any atom is 0.275 e. The number of carbonyl (C=O) groups excluding carboxylic acids is 2. The van der Waals surface area contributed by atoms with Crippen LogP contribution in [0.25, 0.3) is 10.9 Å². The first kappa shape index (κ1) is 16.9. The van der Waals surface area contributed by atoms with Gasteiger partial charge >= 0.3 is 0 Å². The van der Waals surface area contributed by atoms with Crippen LogP contribution < -0.4 is 0 Å². The highest BCUT2D eigenvalue weighted by atomic mass is 16.2. The van der Waals surface area contributed by atoms with Crippen molar-refractivity contribution in [1.82, 2.24) is 25.0 Å². The van der Waals surface area contributed by atoms with Crippen molar-refractivity contribution in [2.75, 3.05) is 19.6 Å². The van der Waals surface area contributed by atoms with E-state index in [0.717, 1.165) is 23.7 Å². The van der Waals surface area contributed by atoms with Gasteiger partial charge in [-0.25, -0.2) is 0 Å². The average Bonchev–Trinajstić information content (AvgIpc) is 2.95. The molecule has 7 nitrogen and oxygen atoms in total. The Morgan fingerprint density at radius 3 is 2.75 bits per heavy atom. The molecule has 1 N–H and O–H groups in total. The number of hydrogen-bond donors (Lipinski definition) is 1. The number of nitrogens with one attached hydrogen (secondary N) is 1. The van der Waals surface area contributed by atoms with Crippen LogP contribution in [-0.2, 0) is 0 Å². The molecule has 3 aromatic rings. The Kier molecular flexibility index (Phi) is 4.07. The maximum atomic E-state index is 13.3. The summed E-state index contributed by atoms with van der Waals surface area (Å²) in [6.07, 6.45) is 5.22. The van der Waals surface area contributed by atoms with Crippen LogP contribution >= 0.6 is 0 Å². The monoisotopic (exact) mass is 375 g/mol. The second-order valence-electron chi connectivity index (χ2n) is 7.62. The third-order valence-corrected chi connectivity index (χ3v) is 5.84. The van der Waals surface area contributed by atoms with Gasteiger partial charge in [-0.1, -0.05) is 18.2 Å². The zero-order valence-electron chi connectivity index (χ0n) is 15.4. The van der Waals surface area contributed by atoms with Crippen molar-refractivity contribution in [1.29, 1.82) is 0 Å². The van der Waals surface area contributed by atoms with E-state index < -0.39 is 0 Å². The number of aromatic amines is 1. The van der Waals surface area contributed by atoms with Crippen molar-refractivity contribution in [3.8, 4) is 0 Å². The fourth-order valence-corrected chi connectivity index (χ4v) is 4.43. The Morgan fingerprint density at radius 2 is 1.89 bits per heavy atom. The molecule has 3 aliphatic rings. The van der Waals surface area contributed by atoms with E-state index in [0.29, 0.717) is 30.9 Å².